The first kappa shape index (κ1) is 10.1. The van der Waals surface area contributed by atoms with Crippen LogP contribution in [0.5, 0.6) is 0 Å². The summed E-state index contributed by atoms with van der Waals surface area (Å²) in [4.78, 5) is 0. The van der Waals surface area contributed by atoms with Crippen LogP contribution >= 0.6 is 0 Å². The summed E-state index contributed by atoms with van der Waals surface area (Å²) in [7, 11) is 3.80. The van der Waals surface area contributed by atoms with Gasteiger partial charge in [-0.15, -0.1) is 0 Å². The second kappa shape index (κ2) is 4.81. The van der Waals surface area contributed by atoms with E-state index in [1.165, 1.54) is 0 Å². The summed E-state index contributed by atoms with van der Waals surface area (Å²) < 4.78 is 20.0. The van der Waals surface area contributed by atoms with Crippen molar-refractivity contribution in [2.75, 3.05) is 34.7 Å². The van der Waals surface area contributed by atoms with Crippen LogP contribution in [0.2, 0.25) is 0 Å². The Labute approximate surface area is 62.4 Å². The SMILES string of the molecule is COC[Si](OC)(OC)OC. The van der Waals surface area contributed by atoms with E-state index in [9.17, 15) is 0 Å². The van der Waals surface area contributed by atoms with E-state index in [0.29, 0.717) is 6.23 Å². The molecule has 5 heteroatoms. The zero-order chi connectivity index (χ0) is 8.04. The first-order chi connectivity index (χ1) is 4.74. The van der Waals surface area contributed by atoms with Gasteiger partial charge in [-0.2, -0.15) is 0 Å². The van der Waals surface area contributed by atoms with E-state index in [1.807, 2.05) is 0 Å². The molecule has 0 aromatic rings. The quantitative estimate of drug-likeness (QED) is 0.541. The van der Waals surface area contributed by atoms with E-state index in [2.05, 4.69) is 0 Å². The molecule has 0 fully saturated rings. The van der Waals surface area contributed by atoms with Gasteiger partial charge >= 0.3 is 8.80 Å². The monoisotopic (exact) mass is 166 g/mol. The highest BCUT2D eigenvalue weighted by Crippen LogP contribution is 2.04. The van der Waals surface area contributed by atoms with Gasteiger partial charge in [0.25, 0.3) is 0 Å². The van der Waals surface area contributed by atoms with Crippen LogP contribution in [0.1, 0.15) is 0 Å². The maximum Gasteiger partial charge on any atom is 0.527 e. The van der Waals surface area contributed by atoms with Gasteiger partial charge < -0.3 is 18.0 Å². The Balaban J connectivity index is 3.87. The second-order valence-corrected chi connectivity index (χ2v) is 4.61. The number of ether oxygens (including phenoxy) is 1. The topological polar surface area (TPSA) is 36.9 Å². The van der Waals surface area contributed by atoms with Gasteiger partial charge in [0, 0.05) is 28.4 Å². The van der Waals surface area contributed by atoms with Crippen LogP contribution < -0.4 is 0 Å². The van der Waals surface area contributed by atoms with Gasteiger partial charge in [-0.3, -0.25) is 0 Å². The van der Waals surface area contributed by atoms with E-state index in [4.69, 9.17) is 18.0 Å². The number of hydrogen-bond donors (Lipinski definition) is 0. The summed E-state index contributed by atoms with van der Waals surface area (Å²) in [6.45, 7) is 0. The lowest BCUT2D eigenvalue weighted by Gasteiger charge is -2.22. The third-order valence-electron chi connectivity index (χ3n) is 1.25. The summed E-state index contributed by atoms with van der Waals surface area (Å²) >= 11 is 0. The molecule has 4 nitrogen and oxygen atoms in total. The predicted molar refractivity (Wildman–Crippen MR) is 38.7 cm³/mol. The molecule has 0 rings (SSSR count). The van der Waals surface area contributed by atoms with Gasteiger partial charge in [0.15, 0.2) is 0 Å². The van der Waals surface area contributed by atoms with Crippen molar-refractivity contribution in [3.63, 3.8) is 0 Å². The Morgan fingerprint density at radius 1 is 0.900 bits per heavy atom. The maximum absolute atomic E-state index is 5.05. The molecule has 0 bridgehead atoms. The number of hydrogen-bond acceptors (Lipinski definition) is 4. The first-order valence-corrected chi connectivity index (χ1v) is 4.82. The Morgan fingerprint density at radius 2 is 1.30 bits per heavy atom. The molecule has 0 amide bonds. The molecule has 0 saturated carbocycles. The van der Waals surface area contributed by atoms with Crippen LogP contribution in [0.25, 0.3) is 0 Å². The molecule has 0 heterocycles. The highest BCUT2D eigenvalue weighted by molar-refractivity contribution is 6.60. The van der Waals surface area contributed by atoms with Crippen LogP contribution in [-0.4, -0.2) is 43.5 Å². The molecule has 0 aliphatic heterocycles. The molecule has 0 aromatic heterocycles. The summed E-state index contributed by atoms with van der Waals surface area (Å²) in [6, 6.07) is 0. The van der Waals surface area contributed by atoms with Crippen LogP contribution in [-0.2, 0) is 18.0 Å². The third kappa shape index (κ3) is 2.35. The van der Waals surface area contributed by atoms with Crippen LogP contribution in [0.4, 0.5) is 0 Å². The van der Waals surface area contributed by atoms with E-state index < -0.39 is 8.80 Å². The normalized spacial score (nSPS) is 12.0. The third-order valence-corrected chi connectivity index (χ3v) is 3.76. The molecular weight excluding hydrogens is 152 g/mol. The molecule has 0 aliphatic rings. The Hall–Kier alpha value is 0.0569. The van der Waals surface area contributed by atoms with Gasteiger partial charge in [0.05, 0.1) is 0 Å². The van der Waals surface area contributed by atoms with Crippen molar-refractivity contribution in [2.45, 2.75) is 0 Å². The number of rotatable bonds is 5. The standard InChI is InChI=1S/C5H14O4Si/c1-6-5-10(7-2,8-3)9-4/h5H2,1-4H3. The van der Waals surface area contributed by atoms with Gasteiger partial charge in [-0.1, -0.05) is 0 Å². The van der Waals surface area contributed by atoms with Crippen molar-refractivity contribution in [2.24, 2.45) is 0 Å². The zero-order valence-corrected chi connectivity index (χ0v) is 7.84. The summed E-state index contributed by atoms with van der Waals surface area (Å²) in [5, 5.41) is 0. The maximum atomic E-state index is 5.05. The van der Waals surface area contributed by atoms with Crippen molar-refractivity contribution in [3.8, 4) is 0 Å². The van der Waals surface area contributed by atoms with Crippen LogP contribution in [0.3, 0.4) is 0 Å². The predicted octanol–water partition coefficient (Wildman–Crippen LogP) is 0.0501. The van der Waals surface area contributed by atoms with Crippen molar-refractivity contribution in [1.82, 2.24) is 0 Å². The first-order valence-electron chi connectivity index (χ1n) is 2.89. The fraction of sp³-hybridized carbons (Fsp3) is 1.00. The minimum atomic E-state index is -2.44. The molecule has 0 radical (unpaired) electrons. The Kier molecular flexibility index (Phi) is 4.84. The van der Waals surface area contributed by atoms with Crippen molar-refractivity contribution in [3.05, 3.63) is 0 Å². The van der Waals surface area contributed by atoms with Crippen molar-refractivity contribution < 1.29 is 18.0 Å². The smallest absolute Gasteiger partial charge is 0.380 e. The molecule has 0 N–H and O–H groups in total. The fourth-order valence-corrected chi connectivity index (χ4v) is 1.81. The second-order valence-electron chi connectivity index (χ2n) is 1.73. The molecule has 0 saturated heterocycles. The van der Waals surface area contributed by atoms with Gasteiger partial charge in [-0.05, 0) is 0 Å². The minimum absolute atomic E-state index is 0.385. The average Bonchev–Trinajstić information content (AvgIpc) is 2.01. The molecule has 0 unspecified atom stereocenters. The largest absolute Gasteiger partial charge is 0.527 e. The van der Waals surface area contributed by atoms with Crippen LogP contribution in [0.15, 0.2) is 0 Å². The Bertz CT molecular complexity index is 75.5. The highest BCUT2D eigenvalue weighted by Gasteiger charge is 2.37. The minimum Gasteiger partial charge on any atom is -0.380 e. The van der Waals surface area contributed by atoms with Gasteiger partial charge in [0.2, 0.25) is 0 Å². The Morgan fingerprint density at radius 3 is 1.40 bits per heavy atom. The van der Waals surface area contributed by atoms with Crippen molar-refractivity contribution >= 4 is 8.80 Å². The van der Waals surface area contributed by atoms with E-state index in [0.717, 1.165) is 0 Å². The van der Waals surface area contributed by atoms with E-state index in [-0.39, 0.29) is 0 Å². The molecular formula is C5H14O4Si. The molecule has 10 heavy (non-hydrogen) atoms. The lowest BCUT2D eigenvalue weighted by molar-refractivity contribution is 0.0809. The van der Waals surface area contributed by atoms with E-state index in [1.54, 1.807) is 28.4 Å². The number of methoxy groups -OCH3 is 1. The van der Waals surface area contributed by atoms with Crippen molar-refractivity contribution in [1.29, 1.82) is 0 Å². The molecule has 0 spiro atoms. The molecule has 0 aromatic carbocycles. The van der Waals surface area contributed by atoms with Crippen LogP contribution in [0, 0.1) is 0 Å². The lowest BCUT2D eigenvalue weighted by Crippen LogP contribution is -2.47. The summed E-state index contributed by atoms with van der Waals surface area (Å²) in [5.74, 6) is 0. The van der Waals surface area contributed by atoms with Gasteiger partial charge in [0.1, 0.15) is 6.23 Å². The summed E-state index contributed by atoms with van der Waals surface area (Å²) in [6.07, 6.45) is 0.385. The summed E-state index contributed by atoms with van der Waals surface area (Å²) in [5.41, 5.74) is 0. The van der Waals surface area contributed by atoms with Gasteiger partial charge in [-0.25, -0.2) is 0 Å². The molecule has 0 atom stereocenters. The lowest BCUT2D eigenvalue weighted by atomic mass is 11.5. The fourth-order valence-electron chi connectivity index (χ4n) is 0.604. The zero-order valence-electron chi connectivity index (χ0n) is 6.84. The average molecular weight is 166 g/mol. The van der Waals surface area contributed by atoms with E-state index >= 15 is 0 Å². The highest BCUT2D eigenvalue weighted by atomic mass is 28.4. The molecule has 0 aliphatic carbocycles. The molecule has 62 valence electrons.